The highest BCUT2D eigenvalue weighted by Gasteiger charge is 2.19. The van der Waals surface area contributed by atoms with Crippen LogP contribution in [0.3, 0.4) is 0 Å². The van der Waals surface area contributed by atoms with Crippen LogP contribution in [0.25, 0.3) is 0 Å². The van der Waals surface area contributed by atoms with Crippen molar-refractivity contribution in [2.45, 2.75) is 0 Å². The predicted molar refractivity (Wildman–Crippen MR) is 77.6 cm³/mol. The summed E-state index contributed by atoms with van der Waals surface area (Å²) in [6.45, 7) is 0. The zero-order chi connectivity index (χ0) is 16.1. The maximum Gasteiger partial charge on any atom is 0.343 e. The van der Waals surface area contributed by atoms with Gasteiger partial charge in [-0.25, -0.2) is 4.79 Å². The Balaban J connectivity index is 2.21. The van der Waals surface area contributed by atoms with Crippen LogP contribution in [0.4, 0.5) is 5.69 Å². The topological polar surface area (TPSA) is 87.9 Å². The Labute approximate surface area is 126 Å². The number of nitrogens with zero attached hydrogens (tertiary/aromatic N) is 1. The molecule has 0 radical (unpaired) electrons. The monoisotopic (exact) mass is 303 g/mol. The Morgan fingerprint density at radius 2 is 1.64 bits per heavy atom. The molecule has 7 nitrogen and oxygen atoms in total. The lowest BCUT2D eigenvalue weighted by atomic mass is 10.2. The third-order valence-corrected chi connectivity index (χ3v) is 2.88. The molecule has 114 valence electrons. The maximum absolute atomic E-state index is 12.0. The van der Waals surface area contributed by atoms with E-state index in [0.29, 0.717) is 11.5 Å². The molecule has 2 aromatic rings. The lowest BCUT2D eigenvalue weighted by molar-refractivity contribution is -0.385. The van der Waals surface area contributed by atoms with Gasteiger partial charge in [0.2, 0.25) is 0 Å². The Bertz CT molecular complexity index is 696. The second-order valence-electron chi connectivity index (χ2n) is 4.21. The standard InChI is InChI=1S/C15H13NO6/c1-20-11-4-6-12(7-5-11)22-15(17)10-3-8-14(21-2)13(9-10)16(18)19/h3-9H,1-2H3. The van der Waals surface area contributed by atoms with E-state index in [2.05, 4.69) is 0 Å². The van der Waals surface area contributed by atoms with Gasteiger partial charge in [-0.2, -0.15) is 0 Å². The molecule has 0 aliphatic heterocycles. The van der Waals surface area contributed by atoms with E-state index >= 15 is 0 Å². The molecule has 0 unspecified atom stereocenters. The van der Waals surface area contributed by atoms with Gasteiger partial charge in [-0.1, -0.05) is 0 Å². The number of carbonyl (C=O) groups excluding carboxylic acids is 1. The molecule has 0 saturated carbocycles. The summed E-state index contributed by atoms with van der Waals surface area (Å²) in [5, 5.41) is 10.9. The van der Waals surface area contributed by atoms with Crippen molar-refractivity contribution >= 4 is 11.7 Å². The van der Waals surface area contributed by atoms with Crippen molar-refractivity contribution in [3.8, 4) is 17.2 Å². The Morgan fingerprint density at radius 1 is 1.00 bits per heavy atom. The summed E-state index contributed by atoms with van der Waals surface area (Å²) in [6.07, 6.45) is 0. The number of carbonyl (C=O) groups is 1. The normalized spacial score (nSPS) is 9.91. The van der Waals surface area contributed by atoms with E-state index in [4.69, 9.17) is 14.2 Å². The zero-order valence-corrected chi connectivity index (χ0v) is 11.9. The molecule has 0 bridgehead atoms. The fourth-order valence-electron chi connectivity index (χ4n) is 1.77. The summed E-state index contributed by atoms with van der Waals surface area (Å²) < 4.78 is 15.0. The lowest BCUT2D eigenvalue weighted by Crippen LogP contribution is -2.09. The summed E-state index contributed by atoms with van der Waals surface area (Å²) >= 11 is 0. The molecule has 0 fully saturated rings. The van der Waals surface area contributed by atoms with Gasteiger partial charge < -0.3 is 14.2 Å². The summed E-state index contributed by atoms with van der Waals surface area (Å²) in [5.74, 6) is 0.311. The van der Waals surface area contributed by atoms with Gasteiger partial charge in [-0.3, -0.25) is 10.1 Å². The third kappa shape index (κ3) is 3.32. The number of benzene rings is 2. The largest absolute Gasteiger partial charge is 0.497 e. The molecule has 0 spiro atoms. The Kier molecular flexibility index (Phi) is 4.57. The number of hydrogen-bond donors (Lipinski definition) is 0. The quantitative estimate of drug-likeness (QED) is 0.365. The van der Waals surface area contributed by atoms with Crippen molar-refractivity contribution in [1.82, 2.24) is 0 Å². The first-order valence-corrected chi connectivity index (χ1v) is 6.24. The van der Waals surface area contributed by atoms with Crippen LogP contribution in [-0.4, -0.2) is 25.1 Å². The van der Waals surface area contributed by atoms with Crippen molar-refractivity contribution in [1.29, 1.82) is 0 Å². The first-order chi connectivity index (χ1) is 10.5. The molecule has 0 amide bonds. The molecule has 22 heavy (non-hydrogen) atoms. The molecule has 2 rings (SSSR count). The van der Waals surface area contributed by atoms with Gasteiger partial charge in [0.1, 0.15) is 11.5 Å². The minimum atomic E-state index is -0.698. The number of esters is 1. The average molecular weight is 303 g/mol. The van der Waals surface area contributed by atoms with E-state index in [1.165, 1.54) is 26.4 Å². The maximum atomic E-state index is 12.0. The number of methoxy groups -OCH3 is 2. The van der Waals surface area contributed by atoms with Gasteiger partial charge in [0.15, 0.2) is 5.75 Å². The van der Waals surface area contributed by atoms with Crippen LogP contribution in [0.1, 0.15) is 10.4 Å². The summed E-state index contributed by atoms with van der Waals surface area (Å²) in [6, 6.07) is 10.3. The van der Waals surface area contributed by atoms with Crippen LogP contribution in [0.15, 0.2) is 42.5 Å². The molecular weight excluding hydrogens is 290 g/mol. The summed E-state index contributed by atoms with van der Waals surface area (Å²) in [4.78, 5) is 22.3. The highest BCUT2D eigenvalue weighted by Crippen LogP contribution is 2.28. The first kappa shape index (κ1) is 15.3. The van der Waals surface area contributed by atoms with Crippen molar-refractivity contribution in [3.63, 3.8) is 0 Å². The minimum absolute atomic E-state index is 0.0586. The summed E-state index contributed by atoms with van der Waals surface area (Å²) in [5.41, 5.74) is -0.241. The number of ether oxygens (including phenoxy) is 3. The van der Waals surface area contributed by atoms with Gasteiger partial charge >= 0.3 is 11.7 Å². The number of nitro groups is 1. The molecule has 0 aromatic heterocycles. The van der Waals surface area contributed by atoms with Crippen LogP contribution in [0, 0.1) is 10.1 Å². The molecule has 0 atom stereocenters. The fraction of sp³-hybridized carbons (Fsp3) is 0.133. The second-order valence-corrected chi connectivity index (χ2v) is 4.21. The van der Waals surface area contributed by atoms with Crippen LogP contribution in [0.5, 0.6) is 17.2 Å². The van der Waals surface area contributed by atoms with Gasteiger partial charge in [0, 0.05) is 6.07 Å². The zero-order valence-electron chi connectivity index (χ0n) is 11.9. The number of hydrogen-bond acceptors (Lipinski definition) is 6. The SMILES string of the molecule is COc1ccc(OC(=O)c2ccc(OC)c([N+](=O)[O-])c2)cc1. The van der Waals surface area contributed by atoms with Crippen molar-refractivity contribution in [2.24, 2.45) is 0 Å². The smallest absolute Gasteiger partial charge is 0.343 e. The van der Waals surface area contributed by atoms with E-state index in [1.54, 1.807) is 24.3 Å². The van der Waals surface area contributed by atoms with Crippen LogP contribution in [0.2, 0.25) is 0 Å². The van der Waals surface area contributed by atoms with E-state index in [1.807, 2.05) is 0 Å². The molecule has 0 aliphatic carbocycles. The fourth-order valence-corrected chi connectivity index (χ4v) is 1.77. The Hall–Kier alpha value is -3.09. The Morgan fingerprint density at radius 3 is 2.18 bits per heavy atom. The van der Waals surface area contributed by atoms with Crippen LogP contribution in [-0.2, 0) is 0 Å². The van der Waals surface area contributed by atoms with Crippen LogP contribution < -0.4 is 14.2 Å². The van der Waals surface area contributed by atoms with Gasteiger partial charge in [0.25, 0.3) is 0 Å². The highest BCUT2D eigenvalue weighted by molar-refractivity contribution is 5.92. The van der Waals surface area contributed by atoms with Gasteiger partial charge in [0.05, 0.1) is 24.7 Å². The number of rotatable bonds is 5. The van der Waals surface area contributed by atoms with Crippen molar-refractivity contribution < 1.29 is 23.9 Å². The average Bonchev–Trinajstić information content (AvgIpc) is 2.54. The van der Waals surface area contributed by atoms with E-state index in [-0.39, 0.29) is 17.0 Å². The summed E-state index contributed by atoms with van der Waals surface area (Å²) in [7, 11) is 2.84. The molecule has 2 aromatic carbocycles. The molecular formula is C15H13NO6. The first-order valence-electron chi connectivity index (χ1n) is 6.24. The third-order valence-electron chi connectivity index (χ3n) is 2.88. The number of nitro benzene ring substituents is 1. The molecule has 0 saturated heterocycles. The van der Waals surface area contributed by atoms with Crippen LogP contribution >= 0.6 is 0 Å². The predicted octanol–water partition coefficient (Wildman–Crippen LogP) is 2.83. The molecule has 0 heterocycles. The minimum Gasteiger partial charge on any atom is -0.497 e. The molecule has 0 N–H and O–H groups in total. The van der Waals surface area contributed by atoms with Gasteiger partial charge in [-0.05, 0) is 36.4 Å². The van der Waals surface area contributed by atoms with Crippen molar-refractivity contribution in [3.05, 3.63) is 58.1 Å². The van der Waals surface area contributed by atoms with E-state index in [9.17, 15) is 14.9 Å². The lowest BCUT2D eigenvalue weighted by Gasteiger charge is -2.06. The molecule has 7 heteroatoms. The van der Waals surface area contributed by atoms with E-state index in [0.717, 1.165) is 6.07 Å². The van der Waals surface area contributed by atoms with E-state index < -0.39 is 10.9 Å². The second kappa shape index (κ2) is 6.57. The molecule has 0 aliphatic rings. The van der Waals surface area contributed by atoms with Crippen molar-refractivity contribution in [2.75, 3.05) is 14.2 Å². The highest BCUT2D eigenvalue weighted by atomic mass is 16.6. The van der Waals surface area contributed by atoms with Gasteiger partial charge in [-0.15, -0.1) is 0 Å².